The molecular formula is C15H14ClNO2. The van der Waals surface area contributed by atoms with E-state index in [1.54, 1.807) is 18.2 Å². The van der Waals surface area contributed by atoms with Crippen molar-refractivity contribution in [2.75, 3.05) is 5.32 Å². The molecule has 0 aliphatic rings. The first-order valence-electron chi connectivity index (χ1n) is 5.88. The number of nitrogens with one attached hydrogen (secondary N) is 1. The van der Waals surface area contributed by atoms with Gasteiger partial charge in [0.15, 0.2) is 0 Å². The van der Waals surface area contributed by atoms with Crippen LogP contribution < -0.4 is 5.32 Å². The lowest BCUT2D eigenvalue weighted by molar-refractivity contribution is -0.114. The number of aliphatic hydroxyl groups is 1. The Morgan fingerprint density at radius 3 is 2.53 bits per heavy atom. The Hall–Kier alpha value is -1.84. The maximum atomic E-state index is 11.2. The number of carbonyl (C=O) groups is 1. The zero-order valence-electron chi connectivity index (χ0n) is 10.4. The summed E-state index contributed by atoms with van der Waals surface area (Å²) in [5.41, 5.74) is 1.89. The SMILES string of the molecule is CC(=O)Nc1ccc(Cl)cc1[C@@H](O)c1ccccc1. The highest BCUT2D eigenvalue weighted by atomic mass is 35.5. The fourth-order valence-corrected chi connectivity index (χ4v) is 2.06. The molecule has 0 aliphatic carbocycles. The molecule has 2 rings (SSSR count). The third kappa shape index (κ3) is 3.34. The lowest BCUT2D eigenvalue weighted by Gasteiger charge is -2.16. The molecule has 98 valence electrons. The Morgan fingerprint density at radius 2 is 1.89 bits per heavy atom. The highest BCUT2D eigenvalue weighted by Crippen LogP contribution is 2.30. The van der Waals surface area contributed by atoms with Crippen molar-refractivity contribution >= 4 is 23.2 Å². The number of anilines is 1. The van der Waals surface area contributed by atoms with Crippen molar-refractivity contribution in [1.82, 2.24) is 0 Å². The summed E-state index contributed by atoms with van der Waals surface area (Å²) in [7, 11) is 0. The standard InChI is InChI=1S/C15H14ClNO2/c1-10(18)17-14-8-7-12(16)9-13(14)15(19)11-5-3-2-4-6-11/h2-9,15,19H,1H3,(H,17,18)/t15-/m0/s1. The molecule has 0 bridgehead atoms. The van der Waals surface area contributed by atoms with Crippen molar-refractivity contribution in [3.8, 4) is 0 Å². The Bertz CT molecular complexity index is 584. The van der Waals surface area contributed by atoms with Crippen LogP contribution in [0.5, 0.6) is 0 Å². The summed E-state index contributed by atoms with van der Waals surface area (Å²) in [6, 6.07) is 14.2. The van der Waals surface area contributed by atoms with Gasteiger partial charge in [0, 0.05) is 23.2 Å². The van der Waals surface area contributed by atoms with Crippen LogP contribution in [-0.2, 0) is 4.79 Å². The molecule has 0 aromatic heterocycles. The van der Waals surface area contributed by atoms with Crippen LogP contribution in [0.3, 0.4) is 0 Å². The summed E-state index contributed by atoms with van der Waals surface area (Å²) in [5, 5.41) is 13.6. The molecule has 3 nitrogen and oxygen atoms in total. The summed E-state index contributed by atoms with van der Waals surface area (Å²) in [4.78, 5) is 11.2. The summed E-state index contributed by atoms with van der Waals surface area (Å²) >= 11 is 5.96. The molecule has 0 spiro atoms. The van der Waals surface area contributed by atoms with Gasteiger partial charge in [0.25, 0.3) is 0 Å². The second-order valence-electron chi connectivity index (χ2n) is 4.23. The fraction of sp³-hybridized carbons (Fsp3) is 0.133. The Labute approximate surface area is 116 Å². The first kappa shape index (κ1) is 13.6. The number of rotatable bonds is 3. The van der Waals surface area contributed by atoms with Gasteiger partial charge in [-0.3, -0.25) is 4.79 Å². The normalized spacial score (nSPS) is 11.9. The third-order valence-corrected chi connectivity index (χ3v) is 2.97. The highest BCUT2D eigenvalue weighted by Gasteiger charge is 2.15. The van der Waals surface area contributed by atoms with Gasteiger partial charge >= 0.3 is 0 Å². The molecule has 1 atom stereocenters. The minimum atomic E-state index is -0.832. The van der Waals surface area contributed by atoms with E-state index in [-0.39, 0.29) is 5.91 Å². The average Bonchev–Trinajstić information content (AvgIpc) is 2.40. The number of aliphatic hydroxyl groups excluding tert-OH is 1. The van der Waals surface area contributed by atoms with Crippen LogP contribution in [0.4, 0.5) is 5.69 Å². The predicted octanol–water partition coefficient (Wildman–Crippen LogP) is 3.38. The zero-order chi connectivity index (χ0) is 13.8. The van der Waals surface area contributed by atoms with Gasteiger partial charge < -0.3 is 10.4 Å². The van der Waals surface area contributed by atoms with Crippen LogP contribution in [0.2, 0.25) is 5.02 Å². The van der Waals surface area contributed by atoms with E-state index < -0.39 is 6.10 Å². The van der Waals surface area contributed by atoms with Crippen molar-refractivity contribution in [1.29, 1.82) is 0 Å². The summed E-state index contributed by atoms with van der Waals surface area (Å²) in [6.45, 7) is 1.42. The van der Waals surface area contributed by atoms with Crippen LogP contribution in [-0.4, -0.2) is 11.0 Å². The Balaban J connectivity index is 2.42. The maximum Gasteiger partial charge on any atom is 0.221 e. The maximum absolute atomic E-state index is 11.2. The molecular weight excluding hydrogens is 262 g/mol. The van der Waals surface area contributed by atoms with Crippen molar-refractivity contribution in [3.05, 3.63) is 64.7 Å². The molecule has 0 unspecified atom stereocenters. The number of hydrogen-bond acceptors (Lipinski definition) is 2. The lowest BCUT2D eigenvalue weighted by Crippen LogP contribution is -2.10. The summed E-state index contributed by atoms with van der Waals surface area (Å²) in [6.07, 6.45) is -0.832. The molecule has 2 aromatic carbocycles. The van der Waals surface area contributed by atoms with Gasteiger partial charge in [-0.2, -0.15) is 0 Å². The minimum Gasteiger partial charge on any atom is -0.384 e. The van der Waals surface area contributed by atoms with E-state index in [0.29, 0.717) is 16.3 Å². The van der Waals surface area contributed by atoms with Gasteiger partial charge in [0.1, 0.15) is 6.10 Å². The van der Waals surface area contributed by atoms with Crippen LogP contribution in [0, 0.1) is 0 Å². The van der Waals surface area contributed by atoms with Crippen molar-refractivity contribution in [3.63, 3.8) is 0 Å². The number of hydrogen-bond donors (Lipinski definition) is 2. The van der Waals surface area contributed by atoms with E-state index in [1.807, 2.05) is 30.3 Å². The number of amides is 1. The van der Waals surface area contributed by atoms with Crippen LogP contribution in [0.25, 0.3) is 0 Å². The molecule has 19 heavy (non-hydrogen) atoms. The van der Waals surface area contributed by atoms with Gasteiger partial charge in [-0.1, -0.05) is 41.9 Å². The van der Waals surface area contributed by atoms with Crippen LogP contribution in [0.1, 0.15) is 24.2 Å². The molecule has 0 radical (unpaired) electrons. The van der Waals surface area contributed by atoms with Crippen molar-refractivity contribution in [2.24, 2.45) is 0 Å². The molecule has 0 fully saturated rings. The third-order valence-electron chi connectivity index (χ3n) is 2.73. The van der Waals surface area contributed by atoms with Gasteiger partial charge in [-0.25, -0.2) is 0 Å². The van der Waals surface area contributed by atoms with E-state index >= 15 is 0 Å². The van der Waals surface area contributed by atoms with E-state index in [1.165, 1.54) is 6.92 Å². The molecule has 2 N–H and O–H groups in total. The largest absolute Gasteiger partial charge is 0.384 e. The molecule has 0 saturated carbocycles. The number of halogens is 1. The van der Waals surface area contributed by atoms with Gasteiger partial charge in [-0.05, 0) is 23.8 Å². The smallest absolute Gasteiger partial charge is 0.221 e. The van der Waals surface area contributed by atoms with Gasteiger partial charge in [-0.15, -0.1) is 0 Å². The first-order chi connectivity index (χ1) is 9.08. The summed E-state index contributed by atoms with van der Waals surface area (Å²) < 4.78 is 0. The summed E-state index contributed by atoms with van der Waals surface area (Å²) in [5.74, 6) is -0.191. The van der Waals surface area contributed by atoms with E-state index in [0.717, 1.165) is 5.56 Å². The number of carbonyl (C=O) groups excluding carboxylic acids is 1. The molecule has 0 aliphatic heterocycles. The van der Waals surface area contributed by atoms with Crippen molar-refractivity contribution in [2.45, 2.75) is 13.0 Å². The quantitative estimate of drug-likeness (QED) is 0.902. The van der Waals surface area contributed by atoms with Crippen LogP contribution in [0.15, 0.2) is 48.5 Å². The second kappa shape index (κ2) is 5.87. The fourth-order valence-electron chi connectivity index (χ4n) is 1.88. The van der Waals surface area contributed by atoms with E-state index in [9.17, 15) is 9.90 Å². The minimum absolute atomic E-state index is 0.191. The molecule has 2 aromatic rings. The van der Waals surface area contributed by atoms with Gasteiger partial charge in [0.2, 0.25) is 5.91 Å². The van der Waals surface area contributed by atoms with E-state index in [2.05, 4.69) is 5.32 Å². The molecule has 1 amide bonds. The average molecular weight is 276 g/mol. The monoisotopic (exact) mass is 275 g/mol. The highest BCUT2D eigenvalue weighted by molar-refractivity contribution is 6.30. The predicted molar refractivity (Wildman–Crippen MR) is 76.3 cm³/mol. The van der Waals surface area contributed by atoms with Gasteiger partial charge in [0.05, 0.1) is 0 Å². The zero-order valence-corrected chi connectivity index (χ0v) is 11.2. The lowest BCUT2D eigenvalue weighted by atomic mass is 10.00. The number of benzene rings is 2. The van der Waals surface area contributed by atoms with Crippen molar-refractivity contribution < 1.29 is 9.90 Å². The Kier molecular flexibility index (Phi) is 4.20. The Morgan fingerprint density at radius 1 is 1.21 bits per heavy atom. The topological polar surface area (TPSA) is 49.3 Å². The van der Waals surface area contributed by atoms with E-state index in [4.69, 9.17) is 11.6 Å². The second-order valence-corrected chi connectivity index (χ2v) is 4.66. The molecule has 0 heterocycles. The first-order valence-corrected chi connectivity index (χ1v) is 6.26. The molecule has 0 saturated heterocycles. The molecule has 4 heteroatoms. The van der Waals surface area contributed by atoms with Crippen LogP contribution >= 0.6 is 11.6 Å².